The lowest BCUT2D eigenvalue weighted by atomic mass is 10.1. The van der Waals surface area contributed by atoms with Crippen molar-refractivity contribution in [2.45, 2.75) is 167 Å². The highest BCUT2D eigenvalue weighted by Crippen LogP contribution is 2.04. The molecule has 10 amide bonds. The van der Waals surface area contributed by atoms with E-state index in [1.165, 1.54) is 55.4 Å². The minimum absolute atomic E-state index is 0.0524. The van der Waals surface area contributed by atoms with E-state index in [4.69, 9.17) is 34.4 Å². The van der Waals surface area contributed by atoms with Crippen LogP contribution in [-0.2, 0) is 52.7 Å². The minimum Gasteiger partial charge on any atom is -0.480 e. The molecular formula is C42H78N18O12. The number of guanidine groups is 2. The first kappa shape index (κ1) is 64.6. The van der Waals surface area contributed by atoms with Crippen molar-refractivity contribution in [2.75, 3.05) is 19.6 Å². The summed E-state index contributed by atoms with van der Waals surface area (Å²) < 4.78 is 0. The second-order valence-electron chi connectivity index (χ2n) is 17.1. The molecule has 0 heterocycles. The van der Waals surface area contributed by atoms with E-state index < -0.39 is 132 Å². The fourth-order valence-electron chi connectivity index (χ4n) is 5.96. The largest absolute Gasteiger partial charge is 0.480 e. The Hall–Kier alpha value is -7.37. The molecule has 72 heavy (non-hydrogen) atoms. The van der Waals surface area contributed by atoms with Crippen molar-refractivity contribution in [1.82, 2.24) is 53.2 Å². The van der Waals surface area contributed by atoms with E-state index in [1.807, 2.05) is 0 Å². The first-order valence-electron chi connectivity index (χ1n) is 23.4. The monoisotopic (exact) mass is 1030 g/mol. The van der Waals surface area contributed by atoms with Gasteiger partial charge in [-0.25, -0.2) is 4.79 Å². The Labute approximate surface area is 418 Å². The number of carbonyl (C=O) groups is 11. The molecule has 23 N–H and O–H groups in total. The molecule has 0 fully saturated rings. The molecule has 0 saturated heterocycles. The van der Waals surface area contributed by atoms with Gasteiger partial charge in [0.25, 0.3) is 0 Å². The molecule has 30 heteroatoms. The molecule has 30 nitrogen and oxygen atoms in total. The van der Waals surface area contributed by atoms with Gasteiger partial charge in [0.2, 0.25) is 59.1 Å². The number of rotatable bonds is 33. The number of hydrogen-bond donors (Lipinski definition) is 17. The summed E-state index contributed by atoms with van der Waals surface area (Å²) >= 11 is 0. The summed E-state index contributed by atoms with van der Waals surface area (Å²) in [6, 6.07) is -13.2. The third kappa shape index (κ3) is 26.0. The number of carbonyl (C=O) groups excluding carboxylic acids is 10. The van der Waals surface area contributed by atoms with Crippen molar-refractivity contribution >= 4 is 77.0 Å². The van der Waals surface area contributed by atoms with E-state index in [-0.39, 0.29) is 50.7 Å². The van der Waals surface area contributed by atoms with Gasteiger partial charge >= 0.3 is 5.97 Å². The van der Waals surface area contributed by atoms with Crippen LogP contribution < -0.4 is 87.6 Å². The predicted octanol–water partition coefficient (Wildman–Crippen LogP) is -7.36. The van der Waals surface area contributed by atoms with Gasteiger partial charge in [-0.3, -0.25) is 57.9 Å². The lowest BCUT2D eigenvalue weighted by Crippen LogP contribution is -2.59. The fourth-order valence-corrected chi connectivity index (χ4v) is 5.96. The van der Waals surface area contributed by atoms with Crippen LogP contribution in [0.4, 0.5) is 0 Å². The molecule has 0 aromatic rings. The van der Waals surface area contributed by atoms with Gasteiger partial charge in [0.05, 0.1) is 6.04 Å². The molecule has 0 aliphatic carbocycles. The van der Waals surface area contributed by atoms with Gasteiger partial charge in [-0.05, 0) is 107 Å². The SMILES string of the molecule is C[C@H](NC(=O)[C@H](C)NC(=O)[C@H](C)NC(=O)[C@H](CCCN=C(N)N)NC(=O)[C@H](C)NC(=O)[C@H](C)NC(=O)[C@H](C)NC(=O)[C@H](C)NC(=O)[C@@H](N)CCCN=C(N)N)C(=O)N[C@@H](C)C(=O)N[C@@H](CCCCN)C(=O)O. The fraction of sp³-hybridized carbons (Fsp3) is 0.690. The number of carboxylic acids is 1. The number of unbranched alkanes of at least 4 members (excludes halogenated alkanes) is 1. The maximum atomic E-state index is 13.5. The van der Waals surface area contributed by atoms with Crippen LogP contribution in [-0.4, -0.2) is 168 Å². The molecule has 0 rings (SSSR count). The molecule has 0 aromatic heterocycles. The highest BCUT2D eigenvalue weighted by Gasteiger charge is 2.31. The first-order valence-corrected chi connectivity index (χ1v) is 23.4. The van der Waals surface area contributed by atoms with E-state index in [9.17, 15) is 57.8 Å². The molecule has 408 valence electrons. The van der Waals surface area contributed by atoms with Crippen LogP contribution >= 0.6 is 0 Å². The summed E-state index contributed by atoms with van der Waals surface area (Å²) in [6.45, 7) is 11.2. The van der Waals surface area contributed by atoms with E-state index in [2.05, 4.69) is 63.2 Å². The van der Waals surface area contributed by atoms with Crippen LogP contribution in [0.2, 0.25) is 0 Å². The Balaban J connectivity index is 5.40. The number of aliphatic imine (C=N–C) groups is 2. The standard InChI is InChI=1S/C42H78N18O12/c1-19(53-34(65)23(5)57-38(69)27(44)13-11-17-49-41(45)46)30(61)51-21(3)32(63)55-25(7)36(67)59-28(15-12-18-50-42(47)48)39(70)58-24(6)35(66)54-20(2)31(62)52-22(4)33(64)56-26(8)37(68)60-29(40(71)72)14-9-10-16-43/h19-29H,9-18,43-44H2,1-8H3,(H,51,61)(H,52,62)(H,53,65)(H,54,66)(H,55,63)(H,56,64)(H,57,69)(H,58,70)(H,59,67)(H,60,68)(H,71,72)(H4,45,46,49)(H4,47,48,50)/t19-,20-,21-,22-,23-,24-,25-,26-,27-,28-,29-/m0/s1. The number of hydrogen-bond acceptors (Lipinski definition) is 15. The number of nitrogens with one attached hydrogen (secondary N) is 10. The Morgan fingerprint density at radius 2 is 0.639 bits per heavy atom. The molecule has 0 saturated carbocycles. The van der Waals surface area contributed by atoms with E-state index in [0.29, 0.717) is 25.8 Å². The highest BCUT2D eigenvalue weighted by atomic mass is 16.4. The predicted molar refractivity (Wildman–Crippen MR) is 263 cm³/mol. The zero-order valence-corrected chi connectivity index (χ0v) is 42.2. The smallest absolute Gasteiger partial charge is 0.326 e. The van der Waals surface area contributed by atoms with Gasteiger partial charge in [-0.2, -0.15) is 0 Å². The van der Waals surface area contributed by atoms with Crippen LogP contribution in [0.1, 0.15) is 100 Å². The molecule has 0 aliphatic heterocycles. The van der Waals surface area contributed by atoms with E-state index >= 15 is 0 Å². The van der Waals surface area contributed by atoms with Crippen molar-refractivity contribution in [3.63, 3.8) is 0 Å². The van der Waals surface area contributed by atoms with Crippen LogP contribution in [0.5, 0.6) is 0 Å². The third-order valence-electron chi connectivity index (χ3n) is 10.5. The van der Waals surface area contributed by atoms with Crippen LogP contribution in [0, 0.1) is 0 Å². The molecule has 0 spiro atoms. The average molecular weight is 1030 g/mol. The molecule has 11 atom stereocenters. The van der Waals surface area contributed by atoms with Crippen LogP contribution in [0.3, 0.4) is 0 Å². The summed E-state index contributed by atoms with van der Waals surface area (Å²) in [6.07, 6.45) is 1.89. The maximum Gasteiger partial charge on any atom is 0.326 e. The van der Waals surface area contributed by atoms with E-state index in [0.717, 1.165) is 0 Å². The van der Waals surface area contributed by atoms with Gasteiger partial charge in [0, 0.05) is 13.1 Å². The van der Waals surface area contributed by atoms with Gasteiger partial charge in [-0.1, -0.05) is 0 Å². The van der Waals surface area contributed by atoms with Gasteiger partial charge in [0.15, 0.2) is 11.9 Å². The zero-order valence-electron chi connectivity index (χ0n) is 42.2. The zero-order chi connectivity index (χ0) is 55.4. The molecular weight excluding hydrogens is 949 g/mol. The molecule has 0 unspecified atom stereocenters. The van der Waals surface area contributed by atoms with Crippen molar-refractivity contribution in [3.05, 3.63) is 0 Å². The molecule has 0 bridgehead atoms. The normalized spacial score (nSPS) is 15.4. The minimum atomic E-state index is -1.31. The second-order valence-corrected chi connectivity index (χ2v) is 17.1. The summed E-state index contributed by atoms with van der Waals surface area (Å²) in [4.78, 5) is 148. The van der Waals surface area contributed by atoms with Crippen molar-refractivity contribution in [2.24, 2.45) is 44.4 Å². The van der Waals surface area contributed by atoms with Crippen LogP contribution in [0.25, 0.3) is 0 Å². The number of nitrogens with two attached hydrogens (primary N) is 6. The topological polar surface area (TPSA) is 509 Å². The number of amides is 10. The third-order valence-corrected chi connectivity index (χ3v) is 10.5. The average Bonchev–Trinajstić information content (AvgIpc) is 3.29. The molecule has 0 aliphatic rings. The number of aliphatic carboxylic acids is 1. The lowest BCUT2D eigenvalue weighted by molar-refractivity contribution is -0.142. The first-order chi connectivity index (χ1) is 33.5. The van der Waals surface area contributed by atoms with Gasteiger partial charge < -0.3 is 92.7 Å². The van der Waals surface area contributed by atoms with Gasteiger partial charge in [0.1, 0.15) is 60.4 Å². The van der Waals surface area contributed by atoms with Crippen molar-refractivity contribution in [3.8, 4) is 0 Å². The van der Waals surface area contributed by atoms with Crippen molar-refractivity contribution < 1.29 is 57.8 Å². The number of carboxylic acid groups (broad SMARTS) is 1. The Morgan fingerprint density at radius 1 is 0.375 bits per heavy atom. The summed E-state index contributed by atoms with van der Waals surface area (Å²) in [5.74, 6) is -9.40. The van der Waals surface area contributed by atoms with E-state index in [1.54, 1.807) is 0 Å². The second kappa shape index (κ2) is 33.3. The summed E-state index contributed by atoms with van der Waals surface area (Å²) in [5, 5.41) is 33.6. The number of nitrogens with zero attached hydrogens (tertiary/aromatic N) is 2. The Morgan fingerprint density at radius 3 is 0.944 bits per heavy atom. The Kier molecular flexibility index (Phi) is 29.9. The molecule has 0 radical (unpaired) electrons. The molecule has 0 aromatic carbocycles. The van der Waals surface area contributed by atoms with Crippen LogP contribution in [0.15, 0.2) is 9.98 Å². The lowest BCUT2D eigenvalue weighted by Gasteiger charge is -2.25. The highest BCUT2D eigenvalue weighted by molar-refractivity contribution is 5.98. The van der Waals surface area contributed by atoms with Gasteiger partial charge in [-0.15, -0.1) is 0 Å². The quantitative estimate of drug-likeness (QED) is 0.0165. The Bertz CT molecular complexity index is 1950. The summed E-state index contributed by atoms with van der Waals surface area (Å²) in [5.41, 5.74) is 32.7. The van der Waals surface area contributed by atoms with Crippen molar-refractivity contribution in [1.29, 1.82) is 0 Å². The summed E-state index contributed by atoms with van der Waals surface area (Å²) in [7, 11) is 0. The maximum absolute atomic E-state index is 13.5.